The van der Waals surface area contributed by atoms with Gasteiger partial charge in [0.25, 0.3) is 0 Å². The molecular formula is C16H25N7S. The molecule has 1 aliphatic rings. The first kappa shape index (κ1) is 16.9. The molecule has 0 saturated carbocycles. The molecule has 130 valence electrons. The Morgan fingerprint density at radius 3 is 3.00 bits per heavy atom. The summed E-state index contributed by atoms with van der Waals surface area (Å²) < 4.78 is 2.21. The number of thiazole rings is 1. The van der Waals surface area contributed by atoms with Crippen molar-refractivity contribution in [3.05, 3.63) is 27.7 Å². The number of aryl methyl sites for hydroxylation is 2. The lowest BCUT2D eigenvalue weighted by atomic mass is 10.2. The summed E-state index contributed by atoms with van der Waals surface area (Å²) in [5, 5.41) is 16.3. The Hall–Kier alpha value is -1.96. The Bertz CT molecular complexity index is 688. The molecule has 0 radical (unpaired) electrons. The Labute approximate surface area is 146 Å². The molecule has 2 aromatic heterocycles. The fourth-order valence-corrected chi connectivity index (χ4v) is 3.53. The Morgan fingerprint density at radius 1 is 1.29 bits per heavy atom. The van der Waals surface area contributed by atoms with E-state index in [1.807, 2.05) is 6.20 Å². The van der Waals surface area contributed by atoms with Gasteiger partial charge in [0.1, 0.15) is 17.4 Å². The van der Waals surface area contributed by atoms with Crippen molar-refractivity contribution in [2.24, 2.45) is 4.99 Å². The summed E-state index contributed by atoms with van der Waals surface area (Å²) in [7, 11) is 0. The van der Waals surface area contributed by atoms with E-state index in [-0.39, 0.29) is 0 Å². The molecule has 3 rings (SSSR count). The molecule has 0 aliphatic carbocycles. The van der Waals surface area contributed by atoms with Crippen LogP contribution in [0.3, 0.4) is 0 Å². The van der Waals surface area contributed by atoms with Gasteiger partial charge in [-0.3, -0.25) is 0 Å². The second-order valence-electron chi connectivity index (χ2n) is 5.76. The standard InChI is InChI=1S/C16H25N7S/c1-3-12-9-18-15(24-12)11-20-16(17-4-2)19-10-14-22-21-13-7-5-6-8-23(13)14/h9H,3-8,10-11H2,1-2H3,(H2,17,19,20). The predicted octanol–water partition coefficient (Wildman–Crippen LogP) is 1.89. The van der Waals surface area contributed by atoms with Crippen LogP contribution >= 0.6 is 11.3 Å². The average molecular weight is 347 g/mol. The fraction of sp³-hybridized carbons (Fsp3) is 0.625. The SMILES string of the molecule is CCNC(=NCc1nnc2n1CCCC2)NCc1ncc(CC)s1. The third kappa shape index (κ3) is 4.11. The van der Waals surface area contributed by atoms with E-state index < -0.39 is 0 Å². The number of hydrogen-bond donors (Lipinski definition) is 2. The van der Waals surface area contributed by atoms with Crippen LogP contribution in [-0.4, -0.2) is 32.3 Å². The normalized spacial score (nSPS) is 14.5. The second-order valence-corrected chi connectivity index (χ2v) is 6.96. The number of rotatable bonds is 6. The highest BCUT2D eigenvalue weighted by atomic mass is 32.1. The van der Waals surface area contributed by atoms with E-state index in [9.17, 15) is 0 Å². The number of guanidine groups is 1. The summed E-state index contributed by atoms with van der Waals surface area (Å²) in [6, 6.07) is 0. The number of nitrogens with one attached hydrogen (secondary N) is 2. The molecule has 0 spiro atoms. The summed E-state index contributed by atoms with van der Waals surface area (Å²) in [5.41, 5.74) is 0. The van der Waals surface area contributed by atoms with Gasteiger partial charge in [0, 0.05) is 30.6 Å². The zero-order chi connectivity index (χ0) is 16.8. The van der Waals surface area contributed by atoms with E-state index in [0.29, 0.717) is 13.1 Å². The van der Waals surface area contributed by atoms with Crippen molar-refractivity contribution in [2.45, 2.75) is 59.2 Å². The van der Waals surface area contributed by atoms with Crippen molar-refractivity contribution in [1.82, 2.24) is 30.4 Å². The van der Waals surface area contributed by atoms with E-state index in [4.69, 9.17) is 0 Å². The number of aromatic nitrogens is 4. The monoisotopic (exact) mass is 347 g/mol. The lowest BCUT2D eigenvalue weighted by Gasteiger charge is -2.14. The molecule has 7 nitrogen and oxygen atoms in total. The molecule has 0 aromatic carbocycles. The zero-order valence-electron chi connectivity index (χ0n) is 14.4. The highest BCUT2D eigenvalue weighted by molar-refractivity contribution is 7.11. The molecule has 3 heterocycles. The number of nitrogens with zero attached hydrogens (tertiary/aromatic N) is 5. The largest absolute Gasteiger partial charge is 0.357 e. The molecule has 0 saturated heterocycles. The lowest BCUT2D eigenvalue weighted by molar-refractivity contribution is 0.508. The first-order valence-electron chi connectivity index (χ1n) is 8.66. The van der Waals surface area contributed by atoms with Gasteiger partial charge in [-0.1, -0.05) is 6.92 Å². The van der Waals surface area contributed by atoms with Crippen molar-refractivity contribution in [2.75, 3.05) is 6.54 Å². The van der Waals surface area contributed by atoms with Crippen molar-refractivity contribution in [3.8, 4) is 0 Å². The Balaban J connectivity index is 1.61. The second kappa shape index (κ2) is 8.23. The summed E-state index contributed by atoms with van der Waals surface area (Å²) >= 11 is 1.74. The zero-order valence-corrected chi connectivity index (χ0v) is 15.2. The van der Waals surface area contributed by atoms with Crippen molar-refractivity contribution < 1.29 is 0 Å². The van der Waals surface area contributed by atoms with Crippen molar-refractivity contribution >= 4 is 17.3 Å². The minimum Gasteiger partial charge on any atom is -0.357 e. The van der Waals surface area contributed by atoms with Gasteiger partial charge in [-0.05, 0) is 26.2 Å². The highest BCUT2D eigenvalue weighted by Crippen LogP contribution is 2.15. The van der Waals surface area contributed by atoms with Gasteiger partial charge in [0.05, 0.1) is 6.54 Å². The van der Waals surface area contributed by atoms with Gasteiger partial charge >= 0.3 is 0 Å². The molecule has 2 N–H and O–H groups in total. The van der Waals surface area contributed by atoms with Gasteiger partial charge in [0.15, 0.2) is 11.8 Å². The quantitative estimate of drug-likeness (QED) is 0.616. The van der Waals surface area contributed by atoms with Crippen LogP contribution in [0.25, 0.3) is 0 Å². The smallest absolute Gasteiger partial charge is 0.192 e. The van der Waals surface area contributed by atoms with E-state index >= 15 is 0 Å². The summed E-state index contributed by atoms with van der Waals surface area (Å²) in [6.45, 7) is 7.27. The average Bonchev–Trinajstić information content (AvgIpc) is 3.24. The van der Waals surface area contributed by atoms with Gasteiger partial charge in [0.2, 0.25) is 0 Å². The minimum atomic E-state index is 0.542. The first-order chi connectivity index (χ1) is 11.8. The minimum absolute atomic E-state index is 0.542. The van der Waals surface area contributed by atoms with E-state index in [2.05, 4.69) is 49.2 Å². The van der Waals surface area contributed by atoms with Gasteiger partial charge in [-0.25, -0.2) is 9.98 Å². The molecule has 0 unspecified atom stereocenters. The topological polar surface area (TPSA) is 80.0 Å². The van der Waals surface area contributed by atoms with Crippen LogP contribution in [0.5, 0.6) is 0 Å². The molecule has 8 heteroatoms. The summed E-state index contributed by atoms with van der Waals surface area (Å²) in [5.74, 6) is 2.84. The maximum Gasteiger partial charge on any atom is 0.192 e. The molecule has 2 aromatic rings. The first-order valence-corrected chi connectivity index (χ1v) is 9.48. The summed E-state index contributed by atoms with van der Waals surface area (Å²) in [6.07, 6.45) is 6.42. The Kier molecular flexibility index (Phi) is 5.79. The number of aliphatic imine (C=N–C) groups is 1. The van der Waals surface area contributed by atoms with Crippen LogP contribution in [0.2, 0.25) is 0 Å². The summed E-state index contributed by atoms with van der Waals surface area (Å²) in [4.78, 5) is 10.4. The molecule has 1 aliphatic heterocycles. The number of hydrogen-bond acceptors (Lipinski definition) is 5. The van der Waals surface area contributed by atoms with Crippen LogP contribution in [0, 0.1) is 0 Å². The van der Waals surface area contributed by atoms with Crippen molar-refractivity contribution in [3.63, 3.8) is 0 Å². The molecule has 0 bridgehead atoms. The molecular weight excluding hydrogens is 322 g/mol. The van der Waals surface area contributed by atoms with E-state index in [1.54, 1.807) is 11.3 Å². The van der Waals surface area contributed by atoms with Gasteiger partial charge in [-0.15, -0.1) is 21.5 Å². The maximum absolute atomic E-state index is 4.65. The predicted molar refractivity (Wildman–Crippen MR) is 96.1 cm³/mol. The third-order valence-corrected chi connectivity index (χ3v) is 5.16. The van der Waals surface area contributed by atoms with Crippen LogP contribution in [0.1, 0.15) is 48.2 Å². The van der Waals surface area contributed by atoms with E-state index in [0.717, 1.165) is 48.5 Å². The Morgan fingerprint density at radius 2 is 2.21 bits per heavy atom. The highest BCUT2D eigenvalue weighted by Gasteiger charge is 2.15. The molecule has 0 atom stereocenters. The van der Waals surface area contributed by atoms with Crippen LogP contribution in [0.15, 0.2) is 11.2 Å². The van der Waals surface area contributed by atoms with Crippen LogP contribution in [-0.2, 0) is 32.5 Å². The molecule has 0 fully saturated rings. The van der Waals surface area contributed by atoms with Crippen LogP contribution in [0.4, 0.5) is 0 Å². The van der Waals surface area contributed by atoms with E-state index in [1.165, 1.54) is 17.7 Å². The maximum atomic E-state index is 4.65. The third-order valence-electron chi connectivity index (χ3n) is 4.02. The van der Waals surface area contributed by atoms with Gasteiger partial charge in [-0.2, -0.15) is 0 Å². The van der Waals surface area contributed by atoms with Gasteiger partial charge < -0.3 is 15.2 Å². The molecule has 24 heavy (non-hydrogen) atoms. The van der Waals surface area contributed by atoms with Crippen molar-refractivity contribution in [1.29, 1.82) is 0 Å². The number of fused-ring (bicyclic) bond motifs is 1. The van der Waals surface area contributed by atoms with Crippen LogP contribution < -0.4 is 10.6 Å². The molecule has 0 amide bonds. The lowest BCUT2D eigenvalue weighted by Crippen LogP contribution is -2.36. The fourth-order valence-electron chi connectivity index (χ4n) is 2.73.